The summed E-state index contributed by atoms with van der Waals surface area (Å²) >= 11 is 3.69. The molecule has 0 spiro atoms. The van der Waals surface area contributed by atoms with Crippen LogP contribution in [0, 0.1) is 0 Å². The van der Waals surface area contributed by atoms with E-state index in [0.29, 0.717) is 0 Å². The van der Waals surface area contributed by atoms with Gasteiger partial charge >= 0.3 is 0 Å². The molecule has 6 rings (SSSR count). The molecular formula is C25H18N2S2. The zero-order valence-electron chi connectivity index (χ0n) is 15.6. The predicted octanol–water partition coefficient (Wildman–Crippen LogP) is 7.69. The normalized spacial score (nSPS) is 13.2. The van der Waals surface area contributed by atoms with E-state index in [9.17, 15) is 0 Å². The molecule has 0 aliphatic carbocycles. The van der Waals surface area contributed by atoms with Crippen LogP contribution in [0.15, 0.2) is 105 Å². The van der Waals surface area contributed by atoms with Gasteiger partial charge in [-0.25, -0.2) is 0 Å². The molecule has 0 saturated carbocycles. The number of benzene rings is 4. The first kappa shape index (κ1) is 17.1. The lowest BCUT2D eigenvalue weighted by Crippen LogP contribution is -2.01. The molecule has 0 aromatic heterocycles. The average molecular weight is 411 g/mol. The summed E-state index contributed by atoms with van der Waals surface area (Å²) in [5.41, 5.74) is 7.45. The summed E-state index contributed by atoms with van der Waals surface area (Å²) < 4.78 is 0. The van der Waals surface area contributed by atoms with Gasteiger partial charge in [-0.3, -0.25) is 0 Å². The van der Waals surface area contributed by atoms with Gasteiger partial charge in [-0.2, -0.15) is 0 Å². The Bertz CT molecular complexity index is 1150. The molecule has 2 nitrogen and oxygen atoms in total. The smallest absolute Gasteiger partial charge is 0.0526 e. The largest absolute Gasteiger partial charge is 0.354 e. The van der Waals surface area contributed by atoms with E-state index in [4.69, 9.17) is 0 Å². The molecule has 0 radical (unpaired) electrons. The fourth-order valence-corrected chi connectivity index (χ4v) is 5.91. The molecule has 0 fully saturated rings. The Balaban J connectivity index is 1.26. The Kier molecular flexibility index (Phi) is 4.06. The first-order valence-corrected chi connectivity index (χ1v) is 11.3. The minimum atomic E-state index is 0.935. The predicted molar refractivity (Wildman–Crippen MR) is 123 cm³/mol. The highest BCUT2D eigenvalue weighted by Crippen LogP contribution is 2.46. The van der Waals surface area contributed by atoms with Crippen LogP contribution in [0.4, 0.5) is 22.7 Å². The lowest BCUT2D eigenvalue weighted by atomic mass is 10.0. The molecule has 0 saturated heterocycles. The standard InChI is InChI=1S/C25H18N2S2/c1-3-7-22-18(5-1)26-20-11-9-16(14-24(20)28-22)13-17-10-12-21-25(15-17)29-23-8-4-2-6-19(23)27-21/h1-12,14-15,26-27H,13H2. The molecule has 0 bridgehead atoms. The van der Waals surface area contributed by atoms with Crippen LogP contribution in [0.3, 0.4) is 0 Å². The first-order valence-electron chi connectivity index (χ1n) is 9.65. The highest BCUT2D eigenvalue weighted by atomic mass is 32.2. The van der Waals surface area contributed by atoms with E-state index >= 15 is 0 Å². The Hall–Kier alpha value is -2.82. The van der Waals surface area contributed by atoms with Crippen molar-refractivity contribution in [3.8, 4) is 0 Å². The summed E-state index contributed by atoms with van der Waals surface area (Å²) in [7, 11) is 0. The lowest BCUT2D eigenvalue weighted by molar-refractivity contribution is 1.15. The maximum atomic E-state index is 3.55. The molecule has 2 aliphatic heterocycles. The highest BCUT2D eigenvalue weighted by Gasteiger charge is 2.17. The van der Waals surface area contributed by atoms with Gasteiger partial charge in [0.2, 0.25) is 0 Å². The number of hydrogen-bond acceptors (Lipinski definition) is 4. The van der Waals surface area contributed by atoms with Crippen LogP contribution in [0.25, 0.3) is 0 Å². The second-order valence-corrected chi connectivity index (χ2v) is 9.45. The summed E-state index contributed by atoms with van der Waals surface area (Å²) in [6.45, 7) is 0. The maximum absolute atomic E-state index is 3.55. The Labute approximate surface area is 178 Å². The van der Waals surface area contributed by atoms with Crippen molar-refractivity contribution in [1.82, 2.24) is 0 Å². The topological polar surface area (TPSA) is 24.1 Å². The average Bonchev–Trinajstić information content (AvgIpc) is 2.76. The van der Waals surface area contributed by atoms with Gasteiger partial charge in [0.1, 0.15) is 0 Å². The van der Waals surface area contributed by atoms with Crippen LogP contribution < -0.4 is 10.6 Å². The molecule has 29 heavy (non-hydrogen) atoms. The molecule has 0 atom stereocenters. The third-order valence-electron chi connectivity index (χ3n) is 5.25. The number of para-hydroxylation sites is 2. The quantitative estimate of drug-likeness (QED) is 0.305. The summed E-state index contributed by atoms with van der Waals surface area (Å²) in [5.74, 6) is 0. The maximum Gasteiger partial charge on any atom is 0.0526 e. The van der Waals surface area contributed by atoms with Gasteiger partial charge in [-0.05, 0) is 66.1 Å². The number of rotatable bonds is 2. The molecule has 2 N–H and O–H groups in total. The van der Waals surface area contributed by atoms with E-state index < -0.39 is 0 Å². The van der Waals surface area contributed by atoms with Crippen molar-refractivity contribution < 1.29 is 0 Å². The van der Waals surface area contributed by atoms with Crippen LogP contribution in [0.1, 0.15) is 11.1 Å². The van der Waals surface area contributed by atoms with Crippen molar-refractivity contribution in [2.75, 3.05) is 10.6 Å². The number of fused-ring (bicyclic) bond motifs is 4. The Morgan fingerprint density at radius 3 is 1.45 bits per heavy atom. The van der Waals surface area contributed by atoms with Crippen molar-refractivity contribution in [2.45, 2.75) is 26.0 Å². The van der Waals surface area contributed by atoms with E-state index in [2.05, 4.69) is 95.6 Å². The minimum absolute atomic E-state index is 0.935. The summed E-state index contributed by atoms with van der Waals surface area (Å²) in [5, 5.41) is 7.10. The van der Waals surface area contributed by atoms with Gasteiger partial charge in [0, 0.05) is 19.6 Å². The molecule has 0 unspecified atom stereocenters. The van der Waals surface area contributed by atoms with Crippen LogP contribution in [0.2, 0.25) is 0 Å². The summed E-state index contributed by atoms with van der Waals surface area (Å²) in [6, 6.07) is 30.5. The van der Waals surface area contributed by atoms with E-state index in [1.807, 2.05) is 23.5 Å². The van der Waals surface area contributed by atoms with E-state index in [1.54, 1.807) is 0 Å². The van der Waals surface area contributed by atoms with Gasteiger partial charge in [0.25, 0.3) is 0 Å². The third-order valence-corrected chi connectivity index (χ3v) is 7.52. The molecule has 4 heteroatoms. The van der Waals surface area contributed by atoms with Crippen molar-refractivity contribution in [3.63, 3.8) is 0 Å². The summed E-state index contributed by atoms with van der Waals surface area (Å²) in [4.78, 5) is 5.16. The van der Waals surface area contributed by atoms with E-state index in [-0.39, 0.29) is 0 Å². The third kappa shape index (κ3) is 3.18. The second kappa shape index (κ2) is 6.90. The van der Waals surface area contributed by atoms with E-state index in [0.717, 1.165) is 6.42 Å². The van der Waals surface area contributed by atoms with Crippen LogP contribution in [-0.4, -0.2) is 0 Å². The molecule has 2 heterocycles. The van der Waals surface area contributed by atoms with E-state index in [1.165, 1.54) is 53.5 Å². The van der Waals surface area contributed by atoms with Crippen LogP contribution in [0.5, 0.6) is 0 Å². The van der Waals surface area contributed by atoms with Gasteiger partial charge in [-0.15, -0.1) is 0 Å². The Morgan fingerprint density at radius 2 is 0.931 bits per heavy atom. The van der Waals surface area contributed by atoms with Crippen molar-refractivity contribution in [2.24, 2.45) is 0 Å². The zero-order valence-corrected chi connectivity index (χ0v) is 17.2. The Morgan fingerprint density at radius 1 is 0.483 bits per heavy atom. The molecular weight excluding hydrogens is 392 g/mol. The monoisotopic (exact) mass is 410 g/mol. The molecule has 140 valence electrons. The van der Waals surface area contributed by atoms with Crippen LogP contribution in [-0.2, 0) is 6.42 Å². The number of nitrogens with one attached hydrogen (secondary N) is 2. The van der Waals surface area contributed by atoms with Gasteiger partial charge in [-0.1, -0.05) is 59.9 Å². The molecule has 2 aliphatic rings. The highest BCUT2D eigenvalue weighted by molar-refractivity contribution is 8.00. The number of anilines is 4. The van der Waals surface area contributed by atoms with Crippen molar-refractivity contribution in [1.29, 1.82) is 0 Å². The summed E-state index contributed by atoms with van der Waals surface area (Å²) in [6.07, 6.45) is 0.935. The fraction of sp³-hybridized carbons (Fsp3) is 0.0400. The van der Waals surface area contributed by atoms with Crippen molar-refractivity contribution >= 4 is 46.3 Å². The zero-order chi connectivity index (χ0) is 19.2. The fourth-order valence-electron chi connectivity index (χ4n) is 3.81. The van der Waals surface area contributed by atoms with Gasteiger partial charge < -0.3 is 10.6 Å². The minimum Gasteiger partial charge on any atom is -0.354 e. The first-order chi connectivity index (χ1) is 14.3. The molecule has 4 aromatic carbocycles. The van der Waals surface area contributed by atoms with Gasteiger partial charge in [0.05, 0.1) is 22.7 Å². The lowest BCUT2D eigenvalue weighted by Gasteiger charge is -2.22. The molecule has 4 aromatic rings. The van der Waals surface area contributed by atoms with Gasteiger partial charge in [0.15, 0.2) is 0 Å². The SMILES string of the molecule is c1ccc2c(c1)Nc1ccc(Cc3ccc4c(c3)Sc3ccccc3N4)cc1S2. The number of hydrogen-bond donors (Lipinski definition) is 2. The molecule has 0 amide bonds. The second-order valence-electron chi connectivity index (χ2n) is 7.28. The van der Waals surface area contributed by atoms with Crippen LogP contribution >= 0.6 is 23.5 Å². The van der Waals surface area contributed by atoms with Crippen molar-refractivity contribution in [3.05, 3.63) is 96.1 Å².